The van der Waals surface area contributed by atoms with Crippen molar-refractivity contribution in [3.63, 3.8) is 0 Å². The van der Waals surface area contributed by atoms with Gasteiger partial charge >= 0.3 is 0 Å². The molecule has 2 heterocycles. The number of aryl methyl sites for hydroxylation is 2. The number of halogens is 2. The van der Waals surface area contributed by atoms with E-state index in [1.54, 1.807) is 13.8 Å². The van der Waals surface area contributed by atoms with Gasteiger partial charge in [0.15, 0.2) is 0 Å². The molecule has 0 fully saturated rings. The van der Waals surface area contributed by atoms with Crippen LogP contribution in [0.2, 0.25) is 0 Å². The number of thioether (sulfide) groups is 1. The van der Waals surface area contributed by atoms with E-state index in [1.165, 1.54) is 29.2 Å². The van der Waals surface area contributed by atoms with Gasteiger partial charge in [-0.1, -0.05) is 6.07 Å². The lowest BCUT2D eigenvalue weighted by molar-refractivity contribution is -0.120. The highest BCUT2D eigenvalue weighted by atomic mass is 32.2. The predicted octanol–water partition coefficient (Wildman–Crippen LogP) is 4.38. The Balaban J connectivity index is 1.64. The maximum Gasteiger partial charge on any atom is 0.259 e. The minimum absolute atomic E-state index is 0.176. The Kier molecular flexibility index (Phi) is 6.38. The fourth-order valence-corrected chi connectivity index (χ4v) is 4.72. The van der Waals surface area contributed by atoms with Crippen molar-refractivity contribution in [3.05, 3.63) is 62.0 Å². The van der Waals surface area contributed by atoms with Gasteiger partial charge in [0, 0.05) is 16.5 Å². The standard InChI is InChI=1S/C20H21F2N3O2S2/c1-9-11(3)29-20-17(9)19(27)24-16(25-20)8-28-12(4)18(26)23-10(2)14-6-5-13(21)7-15(14)22/h5-7,10,12H,8H2,1-4H3,(H,23,26)(H,24,25,27). The monoisotopic (exact) mass is 437 g/mol. The van der Waals surface area contributed by atoms with Crippen molar-refractivity contribution in [2.45, 2.75) is 44.7 Å². The topological polar surface area (TPSA) is 74.8 Å². The van der Waals surface area contributed by atoms with Crippen molar-refractivity contribution >= 4 is 39.2 Å². The number of hydrogen-bond donors (Lipinski definition) is 2. The predicted molar refractivity (Wildman–Crippen MR) is 113 cm³/mol. The van der Waals surface area contributed by atoms with Crippen LogP contribution in [0.5, 0.6) is 0 Å². The molecule has 0 aliphatic heterocycles. The normalized spacial score (nSPS) is 13.4. The van der Waals surface area contributed by atoms with Crippen molar-refractivity contribution in [2.24, 2.45) is 0 Å². The maximum atomic E-state index is 13.9. The van der Waals surface area contributed by atoms with Crippen LogP contribution in [0.25, 0.3) is 10.2 Å². The minimum atomic E-state index is -0.699. The second-order valence-corrected chi connectivity index (χ2v) is 9.36. The number of fused-ring (bicyclic) bond motifs is 1. The van der Waals surface area contributed by atoms with Crippen LogP contribution in [0.15, 0.2) is 23.0 Å². The number of benzene rings is 1. The lowest BCUT2D eigenvalue weighted by Crippen LogP contribution is -2.33. The molecular formula is C20H21F2N3O2S2. The zero-order valence-corrected chi connectivity index (χ0v) is 18.1. The van der Waals surface area contributed by atoms with E-state index in [1.807, 2.05) is 13.8 Å². The van der Waals surface area contributed by atoms with E-state index < -0.39 is 22.9 Å². The lowest BCUT2D eigenvalue weighted by Gasteiger charge is -2.18. The highest BCUT2D eigenvalue weighted by molar-refractivity contribution is 7.99. The molecule has 2 N–H and O–H groups in total. The second kappa shape index (κ2) is 8.62. The third-order valence-electron chi connectivity index (χ3n) is 4.72. The molecule has 2 aromatic heterocycles. The van der Waals surface area contributed by atoms with Crippen LogP contribution in [0, 0.1) is 25.5 Å². The van der Waals surface area contributed by atoms with Crippen LogP contribution in [0.3, 0.4) is 0 Å². The quantitative estimate of drug-likeness (QED) is 0.600. The van der Waals surface area contributed by atoms with Gasteiger partial charge in [0.1, 0.15) is 22.3 Å². The van der Waals surface area contributed by atoms with Gasteiger partial charge in [-0.25, -0.2) is 13.8 Å². The number of amides is 1. The number of carbonyl (C=O) groups excluding carboxylic acids is 1. The Morgan fingerprint density at radius 1 is 1.31 bits per heavy atom. The molecule has 1 amide bonds. The largest absolute Gasteiger partial charge is 0.349 e. The summed E-state index contributed by atoms with van der Waals surface area (Å²) in [6.07, 6.45) is 0. The lowest BCUT2D eigenvalue weighted by atomic mass is 10.1. The number of hydrogen-bond acceptors (Lipinski definition) is 5. The number of rotatable bonds is 6. The second-order valence-electron chi connectivity index (χ2n) is 6.83. The summed E-state index contributed by atoms with van der Waals surface area (Å²) in [6, 6.07) is 2.67. The van der Waals surface area contributed by atoms with Gasteiger partial charge in [-0.2, -0.15) is 0 Å². The molecule has 0 saturated heterocycles. The Morgan fingerprint density at radius 2 is 2.03 bits per heavy atom. The van der Waals surface area contributed by atoms with Gasteiger partial charge in [0.05, 0.1) is 22.4 Å². The van der Waals surface area contributed by atoms with Gasteiger partial charge in [0.25, 0.3) is 5.56 Å². The van der Waals surface area contributed by atoms with E-state index in [0.717, 1.165) is 22.6 Å². The molecule has 3 aromatic rings. The van der Waals surface area contributed by atoms with E-state index in [0.29, 0.717) is 21.8 Å². The van der Waals surface area contributed by atoms with Gasteiger partial charge in [0.2, 0.25) is 5.91 Å². The molecular weight excluding hydrogens is 416 g/mol. The highest BCUT2D eigenvalue weighted by Crippen LogP contribution is 2.26. The molecule has 0 saturated carbocycles. The van der Waals surface area contributed by atoms with Crippen LogP contribution in [-0.2, 0) is 10.5 Å². The Bertz CT molecular complexity index is 1130. The fourth-order valence-electron chi connectivity index (χ4n) is 2.91. The van der Waals surface area contributed by atoms with Crippen molar-refractivity contribution in [1.29, 1.82) is 0 Å². The molecule has 0 radical (unpaired) electrons. The van der Waals surface area contributed by atoms with Gasteiger partial charge in [-0.3, -0.25) is 9.59 Å². The number of nitrogens with one attached hydrogen (secondary N) is 2. The summed E-state index contributed by atoms with van der Waals surface area (Å²) < 4.78 is 26.9. The zero-order chi connectivity index (χ0) is 21.3. The summed E-state index contributed by atoms with van der Waals surface area (Å²) in [5.74, 6) is -0.781. The summed E-state index contributed by atoms with van der Waals surface area (Å²) in [5, 5.41) is 2.89. The fraction of sp³-hybridized carbons (Fsp3) is 0.350. The average molecular weight is 438 g/mol. The van der Waals surface area contributed by atoms with Crippen molar-refractivity contribution in [3.8, 4) is 0 Å². The number of H-pyrrole nitrogens is 1. The van der Waals surface area contributed by atoms with Crippen molar-refractivity contribution in [1.82, 2.24) is 15.3 Å². The van der Waals surface area contributed by atoms with E-state index in [-0.39, 0.29) is 17.0 Å². The molecule has 9 heteroatoms. The molecule has 3 rings (SSSR count). The Labute approximate surface area is 174 Å². The molecule has 5 nitrogen and oxygen atoms in total. The van der Waals surface area contributed by atoms with Gasteiger partial charge in [-0.15, -0.1) is 23.1 Å². The molecule has 0 aliphatic rings. The summed E-state index contributed by atoms with van der Waals surface area (Å²) in [5.41, 5.74) is 0.981. The number of carbonyl (C=O) groups is 1. The first-order chi connectivity index (χ1) is 13.7. The first kappa shape index (κ1) is 21.4. The van der Waals surface area contributed by atoms with Crippen LogP contribution in [0.1, 0.15) is 41.7 Å². The molecule has 0 aliphatic carbocycles. The first-order valence-electron chi connectivity index (χ1n) is 9.03. The van der Waals surface area contributed by atoms with E-state index >= 15 is 0 Å². The van der Waals surface area contributed by atoms with Crippen LogP contribution >= 0.6 is 23.1 Å². The molecule has 2 atom stereocenters. The number of aromatic nitrogens is 2. The molecule has 0 spiro atoms. The summed E-state index contributed by atoms with van der Waals surface area (Å²) >= 11 is 2.79. The van der Waals surface area contributed by atoms with Crippen molar-refractivity contribution in [2.75, 3.05) is 0 Å². The van der Waals surface area contributed by atoms with Crippen molar-refractivity contribution < 1.29 is 13.6 Å². The Hall–Kier alpha value is -2.26. The minimum Gasteiger partial charge on any atom is -0.349 e. The third kappa shape index (κ3) is 4.67. The first-order valence-corrected chi connectivity index (χ1v) is 10.9. The van der Waals surface area contributed by atoms with E-state index in [9.17, 15) is 18.4 Å². The van der Waals surface area contributed by atoms with E-state index in [4.69, 9.17) is 0 Å². The highest BCUT2D eigenvalue weighted by Gasteiger charge is 2.20. The van der Waals surface area contributed by atoms with Crippen LogP contribution in [0.4, 0.5) is 8.78 Å². The molecule has 1 aromatic carbocycles. The third-order valence-corrected chi connectivity index (χ3v) is 6.97. The number of aromatic amines is 1. The molecule has 29 heavy (non-hydrogen) atoms. The van der Waals surface area contributed by atoms with E-state index in [2.05, 4.69) is 15.3 Å². The molecule has 2 unspecified atom stereocenters. The molecule has 154 valence electrons. The van der Waals surface area contributed by atoms with Crippen LogP contribution in [-0.4, -0.2) is 21.1 Å². The smallest absolute Gasteiger partial charge is 0.259 e. The summed E-state index contributed by atoms with van der Waals surface area (Å²) in [6.45, 7) is 7.22. The molecule has 0 bridgehead atoms. The summed E-state index contributed by atoms with van der Waals surface area (Å²) in [7, 11) is 0. The van der Waals surface area contributed by atoms with Gasteiger partial charge < -0.3 is 10.3 Å². The van der Waals surface area contributed by atoms with Crippen LogP contribution < -0.4 is 10.9 Å². The van der Waals surface area contributed by atoms with Gasteiger partial charge in [-0.05, 0) is 39.3 Å². The number of thiophene rings is 1. The number of nitrogens with zero attached hydrogens (tertiary/aromatic N) is 1. The Morgan fingerprint density at radius 3 is 2.72 bits per heavy atom. The maximum absolute atomic E-state index is 13.9. The zero-order valence-electron chi connectivity index (χ0n) is 16.4. The average Bonchev–Trinajstić information content (AvgIpc) is 2.93. The summed E-state index contributed by atoms with van der Waals surface area (Å²) in [4.78, 5) is 33.8. The SMILES string of the molecule is Cc1sc2nc(CSC(C)C(=O)NC(C)c3ccc(F)cc3F)[nH]c(=O)c2c1C.